The van der Waals surface area contributed by atoms with Gasteiger partial charge in [0.25, 0.3) is 5.69 Å². The van der Waals surface area contributed by atoms with Crippen LogP contribution in [0.3, 0.4) is 0 Å². The molecule has 0 aromatic heterocycles. The van der Waals surface area contributed by atoms with Crippen LogP contribution in [0.1, 0.15) is 11.6 Å². The number of rotatable bonds is 3. The Bertz CT molecular complexity index is 396. The number of non-ortho nitro benzene ring substituents is 1. The fourth-order valence-corrected chi connectivity index (χ4v) is 1.09. The van der Waals surface area contributed by atoms with E-state index in [0.29, 0.717) is 6.07 Å². The van der Waals surface area contributed by atoms with E-state index in [1.807, 2.05) is 0 Å². The minimum atomic E-state index is -1.14. The second-order valence-electron chi connectivity index (χ2n) is 2.91. The highest BCUT2D eigenvalue weighted by Crippen LogP contribution is 2.30. The maximum atomic E-state index is 13.0. The Hall–Kier alpha value is -1.73. The number of phenols is 1. The zero-order chi connectivity index (χ0) is 11.6. The molecule has 0 aliphatic rings. The lowest BCUT2D eigenvalue weighted by Gasteiger charge is -2.10. The van der Waals surface area contributed by atoms with Gasteiger partial charge in [0.1, 0.15) is 0 Å². The quantitative estimate of drug-likeness (QED) is 0.501. The fourth-order valence-electron chi connectivity index (χ4n) is 1.09. The van der Waals surface area contributed by atoms with Crippen LogP contribution in [0.4, 0.5) is 10.1 Å². The number of nitro groups is 1. The molecule has 1 aromatic rings. The Kier molecular flexibility index (Phi) is 3.17. The van der Waals surface area contributed by atoms with Gasteiger partial charge in [-0.15, -0.1) is 0 Å². The van der Waals surface area contributed by atoms with Gasteiger partial charge in [0.2, 0.25) is 0 Å². The summed E-state index contributed by atoms with van der Waals surface area (Å²) in [6.45, 7) is -0.547. The van der Waals surface area contributed by atoms with Crippen molar-refractivity contribution in [2.45, 2.75) is 6.04 Å². The van der Waals surface area contributed by atoms with Crippen LogP contribution in [0.2, 0.25) is 0 Å². The highest BCUT2D eigenvalue weighted by Gasteiger charge is 2.19. The third-order valence-electron chi connectivity index (χ3n) is 1.88. The summed E-state index contributed by atoms with van der Waals surface area (Å²) in [7, 11) is 0. The van der Waals surface area contributed by atoms with Crippen molar-refractivity contribution in [3.63, 3.8) is 0 Å². The first-order valence-electron chi connectivity index (χ1n) is 4.00. The molecule has 0 saturated carbocycles. The lowest BCUT2D eigenvalue weighted by atomic mass is 10.1. The van der Waals surface area contributed by atoms with Crippen molar-refractivity contribution < 1.29 is 19.5 Å². The summed E-state index contributed by atoms with van der Waals surface area (Å²) in [5, 5.41) is 28.3. The van der Waals surface area contributed by atoms with Crippen LogP contribution in [0, 0.1) is 15.9 Å². The van der Waals surface area contributed by atoms with Crippen LogP contribution in [0.25, 0.3) is 0 Å². The molecule has 0 heterocycles. The number of nitrogens with zero attached hydrogens (tertiary/aromatic N) is 1. The molecule has 0 fully saturated rings. The van der Waals surface area contributed by atoms with Gasteiger partial charge >= 0.3 is 0 Å². The minimum absolute atomic E-state index is 0.191. The molecule has 1 aromatic carbocycles. The van der Waals surface area contributed by atoms with Crippen LogP contribution in [0.5, 0.6) is 5.75 Å². The Morgan fingerprint density at radius 3 is 2.67 bits per heavy atom. The first-order valence-corrected chi connectivity index (χ1v) is 4.00. The van der Waals surface area contributed by atoms with E-state index in [4.69, 9.17) is 10.8 Å². The van der Waals surface area contributed by atoms with Gasteiger partial charge in [0.15, 0.2) is 11.6 Å². The van der Waals surface area contributed by atoms with E-state index in [1.165, 1.54) is 0 Å². The van der Waals surface area contributed by atoms with E-state index in [2.05, 4.69) is 0 Å². The van der Waals surface area contributed by atoms with Gasteiger partial charge in [-0.05, 0) is 0 Å². The second kappa shape index (κ2) is 4.20. The molecule has 7 heteroatoms. The molecular weight excluding hydrogens is 207 g/mol. The van der Waals surface area contributed by atoms with E-state index in [1.54, 1.807) is 0 Å². The second-order valence-corrected chi connectivity index (χ2v) is 2.91. The van der Waals surface area contributed by atoms with E-state index in [0.717, 1.165) is 6.07 Å². The molecule has 82 valence electrons. The van der Waals surface area contributed by atoms with Crippen molar-refractivity contribution >= 4 is 5.69 Å². The number of halogens is 1. The summed E-state index contributed by atoms with van der Waals surface area (Å²) >= 11 is 0. The number of nitro benzene ring substituents is 1. The van der Waals surface area contributed by atoms with E-state index >= 15 is 0 Å². The summed E-state index contributed by atoms with van der Waals surface area (Å²) in [4.78, 5) is 9.57. The number of hydrogen-bond donors (Lipinski definition) is 3. The van der Waals surface area contributed by atoms with Crippen LogP contribution in [-0.2, 0) is 0 Å². The number of phenolic OH excluding ortho intramolecular Hbond substituents is 1. The summed E-state index contributed by atoms with van der Waals surface area (Å²) < 4.78 is 13.0. The number of aromatic hydroxyl groups is 1. The average molecular weight is 216 g/mol. The molecule has 0 amide bonds. The molecule has 4 N–H and O–H groups in total. The number of nitrogens with two attached hydrogens (primary N) is 1. The molecule has 1 atom stereocenters. The summed E-state index contributed by atoms with van der Waals surface area (Å²) in [5.41, 5.74) is 4.62. The van der Waals surface area contributed by atoms with Crippen LogP contribution in [-0.4, -0.2) is 21.7 Å². The van der Waals surface area contributed by atoms with Crippen LogP contribution >= 0.6 is 0 Å². The van der Waals surface area contributed by atoms with Crippen molar-refractivity contribution in [2.75, 3.05) is 6.61 Å². The molecule has 0 unspecified atom stereocenters. The molecule has 0 bridgehead atoms. The SMILES string of the molecule is N[C@H](CO)c1cc([N+](=O)[O-])cc(F)c1O. The van der Waals surface area contributed by atoms with E-state index in [-0.39, 0.29) is 5.56 Å². The average Bonchev–Trinajstić information content (AvgIpc) is 2.20. The van der Waals surface area contributed by atoms with Crippen molar-refractivity contribution in [3.05, 3.63) is 33.6 Å². The third kappa shape index (κ3) is 2.20. The van der Waals surface area contributed by atoms with Crippen LogP contribution < -0.4 is 5.73 Å². The Morgan fingerprint density at radius 1 is 1.60 bits per heavy atom. The molecule has 0 aliphatic carbocycles. The fraction of sp³-hybridized carbons (Fsp3) is 0.250. The maximum absolute atomic E-state index is 13.0. The van der Waals surface area contributed by atoms with Gasteiger partial charge in [-0.2, -0.15) is 0 Å². The van der Waals surface area contributed by atoms with Gasteiger partial charge in [0, 0.05) is 11.6 Å². The molecular formula is C8H9FN2O4. The monoisotopic (exact) mass is 216 g/mol. The molecule has 0 saturated heterocycles. The summed E-state index contributed by atoms with van der Waals surface area (Å²) in [6, 6.07) is 0.460. The highest BCUT2D eigenvalue weighted by molar-refractivity contribution is 5.45. The van der Waals surface area contributed by atoms with Crippen molar-refractivity contribution in [1.29, 1.82) is 0 Å². The lowest BCUT2D eigenvalue weighted by molar-refractivity contribution is -0.385. The summed E-state index contributed by atoms with van der Waals surface area (Å²) in [6.07, 6.45) is 0. The summed E-state index contributed by atoms with van der Waals surface area (Å²) in [5.74, 6) is -1.91. The first-order chi connectivity index (χ1) is 6.97. The topological polar surface area (TPSA) is 110 Å². The third-order valence-corrected chi connectivity index (χ3v) is 1.88. The zero-order valence-electron chi connectivity index (χ0n) is 7.55. The molecule has 15 heavy (non-hydrogen) atoms. The van der Waals surface area contributed by atoms with Gasteiger partial charge in [0.05, 0.1) is 23.6 Å². The van der Waals surface area contributed by atoms with Gasteiger partial charge in [-0.3, -0.25) is 10.1 Å². The number of benzene rings is 1. The number of aliphatic hydroxyl groups excluding tert-OH is 1. The largest absolute Gasteiger partial charge is 0.505 e. The molecule has 6 nitrogen and oxygen atoms in total. The Morgan fingerprint density at radius 2 is 2.20 bits per heavy atom. The molecule has 0 spiro atoms. The lowest BCUT2D eigenvalue weighted by Crippen LogP contribution is -2.15. The smallest absolute Gasteiger partial charge is 0.272 e. The highest BCUT2D eigenvalue weighted by atomic mass is 19.1. The van der Waals surface area contributed by atoms with Crippen molar-refractivity contribution in [3.8, 4) is 5.75 Å². The predicted octanol–water partition coefficient (Wildman–Crippen LogP) is 0.432. The van der Waals surface area contributed by atoms with Gasteiger partial charge in [-0.25, -0.2) is 4.39 Å². The molecule has 0 radical (unpaired) electrons. The molecule has 1 rings (SSSR count). The molecule has 0 aliphatic heterocycles. The van der Waals surface area contributed by atoms with Gasteiger partial charge < -0.3 is 15.9 Å². The van der Waals surface area contributed by atoms with Crippen molar-refractivity contribution in [2.24, 2.45) is 5.73 Å². The Labute approximate surface area is 83.9 Å². The minimum Gasteiger partial charge on any atom is -0.505 e. The van der Waals surface area contributed by atoms with E-state index in [9.17, 15) is 19.6 Å². The predicted molar refractivity (Wildman–Crippen MR) is 48.7 cm³/mol. The number of aliphatic hydroxyl groups is 1. The van der Waals surface area contributed by atoms with Crippen LogP contribution in [0.15, 0.2) is 12.1 Å². The van der Waals surface area contributed by atoms with E-state index < -0.39 is 34.8 Å². The number of hydrogen-bond acceptors (Lipinski definition) is 5. The maximum Gasteiger partial charge on any atom is 0.272 e. The van der Waals surface area contributed by atoms with Crippen molar-refractivity contribution in [1.82, 2.24) is 0 Å². The normalized spacial score (nSPS) is 12.5. The first kappa shape index (κ1) is 11.3. The van der Waals surface area contributed by atoms with Gasteiger partial charge in [-0.1, -0.05) is 0 Å². The standard InChI is InChI=1S/C8H9FN2O4/c9-6-2-4(11(14)15)1-5(8(6)13)7(10)3-12/h1-2,7,12-13H,3,10H2/t7-/m1/s1. The zero-order valence-corrected chi connectivity index (χ0v) is 7.55. The Balaban J connectivity index is 3.31.